The third kappa shape index (κ3) is 4.39. The van der Waals surface area contributed by atoms with Crippen molar-refractivity contribution >= 4 is 38.9 Å². The molecule has 0 radical (unpaired) electrons. The molecule has 234 valence electrons. The van der Waals surface area contributed by atoms with Gasteiger partial charge in [-0.15, -0.1) is 0 Å². The van der Waals surface area contributed by atoms with Gasteiger partial charge in [-0.25, -0.2) is 9.97 Å². The molecule has 2 aromatic heterocycles. The summed E-state index contributed by atoms with van der Waals surface area (Å²) >= 11 is 0. The van der Waals surface area contributed by atoms with E-state index in [1.807, 2.05) is 12.1 Å². The molecule has 0 spiro atoms. The lowest BCUT2D eigenvalue weighted by Gasteiger charge is -2.27. The molecule has 0 fully saturated rings. The number of hydrogen-bond donors (Lipinski definition) is 0. The van der Waals surface area contributed by atoms with Gasteiger partial charge in [0.05, 0.1) is 33.8 Å². The highest BCUT2D eigenvalue weighted by atomic mass is 15.2. The molecule has 3 heterocycles. The molecule has 0 N–H and O–H groups in total. The Morgan fingerprint density at radius 2 is 0.940 bits per heavy atom. The number of rotatable bonds is 4. The van der Waals surface area contributed by atoms with Crippen molar-refractivity contribution in [2.45, 2.75) is 0 Å². The first kappa shape index (κ1) is 28.3. The van der Waals surface area contributed by atoms with E-state index in [1.54, 1.807) is 0 Å². The van der Waals surface area contributed by atoms with Crippen molar-refractivity contribution in [2.75, 3.05) is 4.90 Å². The van der Waals surface area contributed by atoms with Gasteiger partial charge in [0.15, 0.2) is 0 Å². The second kappa shape index (κ2) is 11.4. The summed E-state index contributed by atoms with van der Waals surface area (Å²) in [4.78, 5) is 13.0. The smallest absolute Gasteiger partial charge is 0.235 e. The lowest BCUT2D eigenvalue weighted by molar-refractivity contribution is 0.996. The summed E-state index contributed by atoms with van der Waals surface area (Å²) in [6, 6.07) is 64.3. The van der Waals surface area contributed by atoms with Crippen molar-refractivity contribution in [3.63, 3.8) is 0 Å². The van der Waals surface area contributed by atoms with Crippen LogP contribution < -0.4 is 4.90 Å². The zero-order chi connectivity index (χ0) is 33.0. The molecule has 7 aromatic carbocycles. The van der Waals surface area contributed by atoms with Gasteiger partial charge in [-0.1, -0.05) is 140 Å². The van der Waals surface area contributed by atoms with Crippen molar-refractivity contribution in [3.05, 3.63) is 182 Å². The van der Waals surface area contributed by atoms with Crippen LogP contribution in [0, 0.1) is 0 Å². The standard InChI is InChI=1S/C46H30N4/c1-4-16-31(17-5-1)38-30-39(32-18-6-2-7-19-32)48-46(47-38)50-42-27-15-12-24-37(42)45-43(50)29-28-35-34-22-10-13-25-40(34)49(33-20-8-3-9-21-33)41-26-14-11-23-36(41)44(35)45/h1-30H. The van der Waals surface area contributed by atoms with Crippen LogP contribution in [-0.2, 0) is 0 Å². The Morgan fingerprint density at radius 1 is 0.400 bits per heavy atom. The average Bonchev–Trinajstić information content (AvgIpc) is 3.47. The molecule has 0 atom stereocenters. The Labute approximate surface area is 290 Å². The monoisotopic (exact) mass is 638 g/mol. The molecule has 0 amide bonds. The SMILES string of the molecule is c1ccc(-c2cc(-c3ccccc3)nc(-n3c4ccccc4c4c5c(ccc43)-c3ccccc3N(c3ccccc3)c3ccccc3-5)n2)cc1. The van der Waals surface area contributed by atoms with E-state index in [0.717, 1.165) is 56.0 Å². The Morgan fingerprint density at radius 3 is 1.62 bits per heavy atom. The molecule has 0 bridgehead atoms. The van der Waals surface area contributed by atoms with Crippen LogP contribution in [0.2, 0.25) is 0 Å². The largest absolute Gasteiger partial charge is 0.309 e. The van der Waals surface area contributed by atoms with Gasteiger partial charge in [-0.05, 0) is 48.0 Å². The van der Waals surface area contributed by atoms with Gasteiger partial charge in [-0.3, -0.25) is 4.57 Å². The van der Waals surface area contributed by atoms with Crippen molar-refractivity contribution in [2.24, 2.45) is 0 Å². The van der Waals surface area contributed by atoms with Gasteiger partial charge in [0.25, 0.3) is 0 Å². The van der Waals surface area contributed by atoms with E-state index in [4.69, 9.17) is 9.97 Å². The molecule has 0 aliphatic carbocycles. The predicted octanol–water partition coefficient (Wildman–Crippen LogP) is 12.0. The number of benzene rings is 7. The van der Waals surface area contributed by atoms with Crippen LogP contribution >= 0.6 is 0 Å². The van der Waals surface area contributed by atoms with Crippen LogP contribution in [0.15, 0.2) is 182 Å². The Balaban J connectivity index is 1.32. The number of hydrogen-bond acceptors (Lipinski definition) is 3. The van der Waals surface area contributed by atoms with Crippen molar-refractivity contribution < 1.29 is 0 Å². The fourth-order valence-corrected chi connectivity index (χ4v) is 7.59. The van der Waals surface area contributed by atoms with Crippen molar-refractivity contribution in [1.82, 2.24) is 14.5 Å². The summed E-state index contributed by atoms with van der Waals surface area (Å²) in [5.41, 5.74) is 14.2. The summed E-state index contributed by atoms with van der Waals surface area (Å²) in [6.07, 6.45) is 0. The van der Waals surface area contributed by atoms with Gasteiger partial charge < -0.3 is 4.90 Å². The molecule has 4 nitrogen and oxygen atoms in total. The molecule has 10 rings (SSSR count). The summed E-state index contributed by atoms with van der Waals surface area (Å²) < 4.78 is 2.25. The minimum atomic E-state index is 0.643. The summed E-state index contributed by atoms with van der Waals surface area (Å²) in [5.74, 6) is 0.643. The maximum atomic E-state index is 5.28. The highest BCUT2D eigenvalue weighted by molar-refractivity contribution is 6.21. The van der Waals surface area contributed by atoms with E-state index >= 15 is 0 Å². The number of nitrogens with zero attached hydrogens (tertiary/aromatic N) is 4. The second-order valence-electron chi connectivity index (χ2n) is 12.6. The van der Waals surface area contributed by atoms with Gasteiger partial charge in [-0.2, -0.15) is 0 Å². The molecular formula is C46H30N4. The maximum Gasteiger partial charge on any atom is 0.235 e. The highest BCUT2D eigenvalue weighted by Gasteiger charge is 2.29. The maximum absolute atomic E-state index is 5.28. The van der Waals surface area contributed by atoms with Crippen molar-refractivity contribution in [3.8, 4) is 50.7 Å². The molecule has 0 saturated carbocycles. The van der Waals surface area contributed by atoms with Crippen molar-refractivity contribution in [1.29, 1.82) is 0 Å². The van der Waals surface area contributed by atoms with Gasteiger partial charge in [0.2, 0.25) is 5.95 Å². The van der Waals surface area contributed by atoms with Gasteiger partial charge in [0, 0.05) is 44.3 Å². The summed E-state index contributed by atoms with van der Waals surface area (Å²) in [6.45, 7) is 0. The average molecular weight is 639 g/mol. The Bertz CT molecular complexity index is 2640. The van der Waals surface area contributed by atoms with Gasteiger partial charge in [0.1, 0.15) is 0 Å². The number of para-hydroxylation sites is 4. The summed E-state index contributed by atoms with van der Waals surface area (Å²) in [7, 11) is 0. The molecule has 1 aliphatic heterocycles. The van der Waals surface area contributed by atoms with Crippen LogP contribution in [0.4, 0.5) is 17.1 Å². The quantitative estimate of drug-likeness (QED) is 0.192. The van der Waals surface area contributed by atoms with E-state index < -0.39 is 0 Å². The van der Waals surface area contributed by atoms with Crippen LogP contribution in [0.3, 0.4) is 0 Å². The second-order valence-corrected chi connectivity index (χ2v) is 12.6. The number of anilines is 3. The third-order valence-corrected chi connectivity index (χ3v) is 9.76. The van der Waals surface area contributed by atoms with E-state index in [-0.39, 0.29) is 0 Å². The Kier molecular flexibility index (Phi) is 6.46. The predicted molar refractivity (Wildman–Crippen MR) is 206 cm³/mol. The molecule has 4 heteroatoms. The number of aromatic nitrogens is 3. The minimum absolute atomic E-state index is 0.643. The molecule has 0 unspecified atom stereocenters. The fourth-order valence-electron chi connectivity index (χ4n) is 7.59. The third-order valence-electron chi connectivity index (χ3n) is 9.76. The minimum Gasteiger partial charge on any atom is -0.309 e. The molecule has 50 heavy (non-hydrogen) atoms. The molecule has 0 saturated heterocycles. The highest BCUT2D eigenvalue weighted by Crippen LogP contribution is 2.53. The van der Waals surface area contributed by atoms with Gasteiger partial charge >= 0.3 is 0 Å². The lowest BCUT2D eigenvalue weighted by atomic mass is 9.90. The lowest BCUT2D eigenvalue weighted by Crippen LogP contribution is -2.10. The summed E-state index contributed by atoms with van der Waals surface area (Å²) in [5, 5.41) is 2.35. The molecule has 9 aromatic rings. The number of fused-ring (bicyclic) bond motifs is 9. The van der Waals surface area contributed by atoms with E-state index in [1.165, 1.54) is 27.6 Å². The van der Waals surface area contributed by atoms with Crippen LogP contribution in [0.25, 0.3) is 72.5 Å². The first-order valence-corrected chi connectivity index (χ1v) is 16.9. The zero-order valence-electron chi connectivity index (χ0n) is 27.1. The van der Waals surface area contributed by atoms with Crippen LogP contribution in [0.5, 0.6) is 0 Å². The first-order valence-electron chi connectivity index (χ1n) is 16.9. The normalized spacial score (nSPS) is 12.0. The molecule has 1 aliphatic rings. The topological polar surface area (TPSA) is 34.0 Å². The Hall–Kier alpha value is -6.78. The first-order chi connectivity index (χ1) is 24.8. The molecular weight excluding hydrogens is 609 g/mol. The zero-order valence-corrected chi connectivity index (χ0v) is 27.1. The van der Waals surface area contributed by atoms with Crippen LogP contribution in [0.1, 0.15) is 0 Å². The fraction of sp³-hybridized carbons (Fsp3) is 0. The van der Waals surface area contributed by atoms with E-state index in [9.17, 15) is 0 Å². The van der Waals surface area contributed by atoms with E-state index in [0.29, 0.717) is 5.95 Å². The van der Waals surface area contributed by atoms with E-state index in [2.05, 4.69) is 179 Å². The van der Waals surface area contributed by atoms with Crippen LogP contribution in [-0.4, -0.2) is 14.5 Å².